The number of carbonyl (C=O) groups is 1. The molecule has 0 aliphatic heterocycles. The largest absolute Gasteiger partial charge is 0.346 e. The van der Waals surface area contributed by atoms with Gasteiger partial charge in [-0.2, -0.15) is 0 Å². The third-order valence-electron chi connectivity index (χ3n) is 3.78. The number of carbonyl (C=O) groups excluding carboxylic acids is 1. The maximum atomic E-state index is 13.0. The summed E-state index contributed by atoms with van der Waals surface area (Å²) in [6.45, 7) is 0. The smallest absolute Gasteiger partial charge is 0.225 e. The Hall–Kier alpha value is -1.68. The molecule has 0 spiro atoms. The number of amides is 1. The van der Waals surface area contributed by atoms with E-state index >= 15 is 0 Å². The predicted octanol–water partition coefficient (Wildman–Crippen LogP) is 3.94. The molecular formula is C17H15BrFNO. The van der Waals surface area contributed by atoms with Gasteiger partial charge in [-0.05, 0) is 48.2 Å². The van der Waals surface area contributed by atoms with Gasteiger partial charge < -0.3 is 5.32 Å². The molecule has 1 saturated carbocycles. The van der Waals surface area contributed by atoms with Crippen LogP contribution in [0.5, 0.6) is 0 Å². The Morgan fingerprint density at radius 2 is 1.90 bits per heavy atom. The first-order chi connectivity index (χ1) is 10.1. The lowest BCUT2D eigenvalue weighted by Gasteiger charge is -2.18. The number of rotatable bonds is 4. The lowest BCUT2D eigenvalue weighted by atomic mass is 10.0. The second kappa shape index (κ2) is 5.60. The van der Waals surface area contributed by atoms with Crippen molar-refractivity contribution in [3.63, 3.8) is 0 Å². The summed E-state index contributed by atoms with van der Waals surface area (Å²) in [5.74, 6) is -0.259. The maximum Gasteiger partial charge on any atom is 0.225 e. The predicted molar refractivity (Wildman–Crippen MR) is 83.3 cm³/mol. The van der Waals surface area contributed by atoms with Gasteiger partial charge >= 0.3 is 0 Å². The molecule has 0 saturated heterocycles. The summed E-state index contributed by atoms with van der Waals surface area (Å²) in [7, 11) is 0. The molecule has 2 nitrogen and oxygen atoms in total. The Bertz CT molecular complexity index is 665. The van der Waals surface area contributed by atoms with Gasteiger partial charge in [0.25, 0.3) is 0 Å². The average Bonchev–Trinajstić information content (AvgIpc) is 3.20. The second-order valence-corrected chi connectivity index (χ2v) is 6.36. The maximum absolute atomic E-state index is 13.0. The van der Waals surface area contributed by atoms with Gasteiger partial charge in [-0.3, -0.25) is 4.79 Å². The van der Waals surface area contributed by atoms with E-state index < -0.39 is 0 Å². The van der Waals surface area contributed by atoms with E-state index in [0.29, 0.717) is 6.42 Å². The number of benzene rings is 2. The fourth-order valence-electron chi connectivity index (χ4n) is 2.52. The highest BCUT2D eigenvalue weighted by Crippen LogP contribution is 2.45. The van der Waals surface area contributed by atoms with E-state index in [9.17, 15) is 9.18 Å². The van der Waals surface area contributed by atoms with Crippen molar-refractivity contribution in [2.75, 3.05) is 0 Å². The standard InChI is InChI=1S/C17H15BrFNO/c18-14-3-1-2-12(10-14)11-16(21)20-17(8-9-17)13-4-6-15(19)7-5-13/h1-7,10H,8-9,11H2,(H,20,21). The molecule has 3 rings (SSSR count). The minimum atomic E-state index is -0.295. The van der Waals surface area contributed by atoms with Gasteiger partial charge in [0.2, 0.25) is 5.91 Å². The molecule has 4 heteroatoms. The zero-order valence-electron chi connectivity index (χ0n) is 11.4. The lowest BCUT2D eigenvalue weighted by Crippen LogP contribution is -2.35. The molecule has 0 heterocycles. The topological polar surface area (TPSA) is 29.1 Å². The Kier molecular flexibility index (Phi) is 3.81. The van der Waals surface area contributed by atoms with Crippen molar-refractivity contribution in [2.45, 2.75) is 24.8 Å². The highest BCUT2D eigenvalue weighted by atomic mass is 79.9. The number of hydrogen-bond donors (Lipinski definition) is 1. The minimum Gasteiger partial charge on any atom is -0.346 e. The highest BCUT2D eigenvalue weighted by molar-refractivity contribution is 9.10. The summed E-state index contributed by atoms with van der Waals surface area (Å²) >= 11 is 3.40. The molecule has 21 heavy (non-hydrogen) atoms. The molecular weight excluding hydrogens is 333 g/mol. The van der Waals surface area contributed by atoms with E-state index in [1.165, 1.54) is 12.1 Å². The first-order valence-electron chi connectivity index (χ1n) is 6.89. The van der Waals surface area contributed by atoms with E-state index in [0.717, 1.165) is 28.4 Å². The van der Waals surface area contributed by atoms with Gasteiger partial charge in [0.1, 0.15) is 5.82 Å². The molecule has 108 valence electrons. The molecule has 0 atom stereocenters. The molecule has 2 aromatic rings. The third kappa shape index (κ3) is 3.32. The number of nitrogens with one attached hydrogen (secondary N) is 1. The summed E-state index contributed by atoms with van der Waals surface area (Å²) in [5.41, 5.74) is 1.65. The van der Waals surface area contributed by atoms with Crippen molar-refractivity contribution in [3.05, 3.63) is 69.9 Å². The van der Waals surface area contributed by atoms with Crippen molar-refractivity contribution in [1.82, 2.24) is 5.32 Å². The average molecular weight is 348 g/mol. The van der Waals surface area contributed by atoms with Crippen LogP contribution in [0, 0.1) is 5.82 Å². The first-order valence-corrected chi connectivity index (χ1v) is 7.68. The molecule has 1 aliphatic rings. The van der Waals surface area contributed by atoms with Crippen LogP contribution in [0.2, 0.25) is 0 Å². The quantitative estimate of drug-likeness (QED) is 0.891. The van der Waals surface area contributed by atoms with Gasteiger partial charge in [-0.25, -0.2) is 4.39 Å². The van der Waals surface area contributed by atoms with Crippen molar-refractivity contribution in [1.29, 1.82) is 0 Å². The van der Waals surface area contributed by atoms with E-state index in [-0.39, 0.29) is 17.3 Å². The van der Waals surface area contributed by atoms with Crippen molar-refractivity contribution >= 4 is 21.8 Å². The van der Waals surface area contributed by atoms with Crippen LogP contribution in [0.15, 0.2) is 53.0 Å². The monoisotopic (exact) mass is 347 g/mol. The van der Waals surface area contributed by atoms with Crippen LogP contribution >= 0.6 is 15.9 Å². The SMILES string of the molecule is O=C(Cc1cccc(Br)c1)NC1(c2ccc(F)cc2)CC1. The van der Waals surface area contributed by atoms with E-state index in [2.05, 4.69) is 21.2 Å². The van der Waals surface area contributed by atoms with Crippen LogP contribution in [0.4, 0.5) is 4.39 Å². The summed E-state index contributed by atoms with van der Waals surface area (Å²) < 4.78 is 14.0. The molecule has 1 N–H and O–H groups in total. The number of hydrogen-bond acceptors (Lipinski definition) is 1. The Labute approximate surface area is 131 Å². The van der Waals surface area contributed by atoms with Gasteiger partial charge in [-0.1, -0.05) is 40.2 Å². The van der Waals surface area contributed by atoms with Crippen molar-refractivity contribution in [3.8, 4) is 0 Å². The van der Waals surface area contributed by atoms with E-state index in [1.807, 2.05) is 24.3 Å². The van der Waals surface area contributed by atoms with Crippen molar-refractivity contribution in [2.24, 2.45) is 0 Å². The summed E-state index contributed by atoms with van der Waals surface area (Å²) in [6, 6.07) is 14.1. The minimum absolute atomic E-state index is 0.00470. The highest BCUT2D eigenvalue weighted by Gasteiger charge is 2.45. The zero-order valence-corrected chi connectivity index (χ0v) is 13.0. The first kappa shape index (κ1) is 14.3. The molecule has 0 unspecified atom stereocenters. The molecule has 2 aromatic carbocycles. The van der Waals surface area contributed by atoms with Crippen LogP contribution in [-0.2, 0) is 16.8 Å². The molecule has 1 fully saturated rings. The Morgan fingerprint density at radius 3 is 2.52 bits per heavy atom. The zero-order chi connectivity index (χ0) is 14.9. The van der Waals surface area contributed by atoms with Crippen LogP contribution in [0.1, 0.15) is 24.0 Å². The van der Waals surface area contributed by atoms with Gasteiger partial charge in [0.15, 0.2) is 0 Å². The summed E-state index contributed by atoms with van der Waals surface area (Å²) in [4.78, 5) is 12.2. The summed E-state index contributed by atoms with van der Waals surface area (Å²) in [5, 5.41) is 3.09. The van der Waals surface area contributed by atoms with Gasteiger partial charge in [0, 0.05) is 4.47 Å². The summed E-state index contributed by atoms with van der Waals surface area (Å²) in [6.07, 6.45) is 2.16. The molecule has 1 aliphatic carbocycles. The third-order valence-corrected chi connectivity index (χ3v) is 4.27. The van der Waals surface area contributed by atoms with Gasteiger partial charge in [0.05, 0.1) is 12.0 Å². The second-order valence-electron chi connectivity index (χ2n) is 5.44. The van der Waals surface area contributed by atoms with Gasteiger partial charge in [-0.15, -0.1) is 0 Å². The van der Waals surface area contributed by atoms with E-state index in [4.69, 9.17) is 0 Å². The Balaban J connectivity index is 1.68. The van der Waals surface area contributed by atoms with E-state index in [1.54, 1.807) is 12.1 Å². The molecule has 0 bridgehead atoms. The Morgan fingerprint density at radius 1 is 1.19 bits per heavy atom. The van der Waals surface area contributed by atoms with Crippen LogP contribution in [0.3, 0.4) is 0 Å². The molecule has 0 aromatic heterocycles. The fraction of sp³-hybridized carbons (Fsp3) is 0.235. The van der Waals surface area contributed by atoms with Crippen LogP contribution in [-0.4, -0.2) is 5.91 Å². The van der Waals surface area contributed by atoms with Crippen LogP contribution < -0.4 is 5.32 Å². The number of halogens is 2. The van der Waals surface area contributed by atoms with Crippen LogP contribution in [0.25, 0.3) is 0 Å². The molecule has 1 amide bonds. The normalized spacial score (nSPS) is 15.5. The van der Waals surface area contributed by atoms with Crippen molar-refractivity contribution < 1.29 is 9.18 Å². The molecule has 0 radical (unpaired) electrons. The lowest BCUT2D eigenvalue weighted by molar-refractivity contribution is -0.121. The fourth-order valence-corrected chi connectivity index (χ4v) is 2.97.